The summed E-state index contributed by atoms with van der Waals surface area (Å²) < 4.78 is 0.562. The Labute approximate surface area is 186 Å². The molecule has 0 radical (unpaired) electrons. The summed E-state index contributed by atoms with van der Waals surface area (Å²) in [5.41, 5.74) is 0.976. The van der Waals surface area contributed by atoms with E-state index in [-0.39, 0.29) is 17.9 Å². The first kappa shape index (κ1) is 24.1. The minimum Gasteiger partial charge on any atom is -0.481 e. The maximum atomic E-state index is 12.6. The number of carboxylic acid groups (broad SMARTS) is 2. The summed E-state index contributed by atoms with van der Waals surface area (Å²) in [6, 6.07) is 6.39. The van der Waals surface area contributed by atoms with Crippen LogP contribution in [0.15, 0.2) is 29.2 Å². The lowest BCUT2D eigenvalue weighted by molar-refractivity contribution is -0.137. The van der Waals surface area contributed by atoms with Gasteiger partial charge in [-0.15, -0.1) is 0 Å². The molecule has 1 saturated heterocycles. The van der Waals surface area contributed by atoms with Gasteiger partial charge in [0.2, 0.25) is 0 Å². The number of nitrogens with zero attached hydrogens (tertiary/aromatic N) is 1. The number of carboxylic acids is 2. The average molecular weight is 450 g/mol. The first-order valence-electron chi connectivity index (χ1n) is 10.2. The lowest BCUT2D eigenvalue weighted by Gasteiger charge is -2.14. The fraction of sp³-hybridized carbons (Fsp3) is 0.455. The molecule has 6 nitrogen and oxygen atoms in total. The largest absolute Gasteiger partial charge is 0.481 e. The van der Waals surface area contributed by atoms with Crippen LogP contribution in [0.3, 0.4) is 0 Å². The molecule has 1 aromatic carbocycles. The number of amides is 1. The third-order valence-corrected chi connectivity index (χ3v) is 6.23. The van der Waals surface area contributed by atoms with Crippen LogP contribution >= 0.6 is 24.0 Å². The zero-order valence-corrected chi connectivity index (χ0v) is 18.5. The Hall–Kier alpha value is -2.19. The van der Waals surface area contributed by atoms with Gasteiger partial charge in [-0.25, -0.2) is 4.79 Å². The second kappa shape index (κ2) is 12.5. The molecule has 1 aliphatic rings. The minimum absolute atomic E-state index is 0.0919. The van der Waals surface area contributed by atoms with E-state index in [2.05, 4.69) is 0 Å². The molecule has 0 unspecified atom stereocenters. The zero-order chi connectivity index (χ0) is 21.9. The van der Waals surface area contributed by atoms with E-state index in [0.29, 0.717) is 15.8 Å². The third kappa shape index (κ3) is 7.91. The first-order chi connectivity index (χ1) is 14.4. The molecule has 0 atom stereocenters. The Morgan fingerprint density at radius 3 is 2.07 bits per heavy atom. The van der Waals surface area contributed by atoms with Crippen molar-refractivity contribution in [3.63, 3.8) is 0 Å². The van der Waals surface area contributed by atoms with Crippen LogP contribution in [0.2, 0.25) is 0 Å². The smallest absolute Gasteiger partial charge is 0.335 e. The van der Waals surface area contributed by atoms with Crippen molar-refractivity contribution in [1.29, 1.82) is 0 Å². The quantitative estimate of drug-likeness (QED) is 0.243. The van der Waals surface area contributed by atoms with Crippen molar-refractivity contribution < 1.29 is 24.6 Å². The fourth-order valence-corrected chi connectivity index (χ4v) is 4.48. The summed E-state index contributed by atoms with van der Waals surface area (Å²) in [5.74, 6) is -1.80. The number of carbonyl (C=O) groups is 3. The van der Waals surface area contributed by atoms with Crippen LogP contribution in [-0.2, 0) is 9.59 Å². The highest BCUT2D eigenvalue weighted by molar-refractivity contribution is 8.26. The zero-order valence-electron chi connectivity index (χ0n) is 16.8. The summed E-state index contributed by atoms with van der Waals surface area (Å²) in [6.07, 6.45) is 10.0. The van der Waals surface area contributed by atoms with Gasteiger partial charge in [0.05, 0.1) is 10.5 Å². The number of hydrogen-bond donors (Lipinski definition) is 2. The summed E-state index contributed by atoms with van der Waals surface area (Å²) in [4.78, 5) is 36.2. The molecule has 0 aromatic heterocycles. The van der Waals surface area contributed by atoms with E-state index < -0.39 is 11.9 Å². The number of aliphatic carboxylic acids is 1. The van der Waals surface area contributed by atoms with E-state index in [1.54, 1.807) is 23.1 Å². The molecular weight excluding hydrogens is 422 g/mol. The van der Waals surface area contributed by atoms with Gasteiger partial charge in [0.15, 0.2) is 0 Å². The predicted octanol–water partition coefficient (Wildman–Crippen LogP) is 5.18. The molecule has 1 fully saturated rings. The highest BCUT2D eigenvalue weighted by Gasteiger charge is 2.31. The number of thioether (sulfide) groups is 1. The van der Waals surface area contributed by atoms with Crippen LogP contribution in [0.5, 0.6) is 0 Å². The molecule has 162 valence electrons. The number of unbranched alkanes of at least 4 members (excludes halogenated alkanes) is 7. The summed E-state index contributed by atoms with van der Waals surface area (Å²) in [6.45, 7) is 0.610. The molecule has 1 aliphatic heterocycles. The van der Waals surface area contributed by atoms with Gasteiger partial charge in [-0.2, -0.15) is 0 Å². The van der Waals surface area contributed by atoms with Gasteiger partial charge >= 0.3 is 11.9 Å². The maximum Gasteiger partial charge on any atom is 0.335 e. The van der Waals surface area contributed by atoms with E-state index >= 15 is 0 Å². The third-order valence-electron chi connectivity index (χ3n) is 4.85. The van der Waals surface area contributed by atoms with Crippen LogP contribution in [0.1, 0.15) is 73.7 Å². The van der Waals surface area contributed by atoms with Crippen molar-refractivity contribution in [2.75, 3.05) is 6.54 Å². The molecule has 1 amide bonds. The number of thiocarbonyl (C=S) groups is 1. The van der Waals surface area contributed by atoms with Crippen LogP contribution in [-0.4, -0.2) is 43.8 Å². The average Bonchev–Trinajstić information content (AvgIpc) is 2.96. The SMILES string of the molecule is O=C(O)CCCCCCCCCCN1C(=O)C(=Cc2ccc(C(=O)O)cc2)SC1=S. The lowest BCUT2D eigenvalue weighted by Crippen LogP contribution is -2.29. The van der Waals surface area contributed by atoms with Crippen LogP contribution in [0.25, 0.3) is 6.08 Å². The molecular formula is C22H27NO5S2. The number of hydrogen-bond acceptors (Lipinski definition) is 5. The van der Waals surface area contributed by atoms with Gasteiger partial charge in [-0.05, 0) is 36.6 Å². The van der Waals surface area contributed by atoms with Crippen molar-refractivity contribution in [3.05, 3.63) is 40.3 Å². The van der Waals surface area contributed by atoms with Crippen molar-refractivity contribution in [3.8, 4) is 0 Å². The Balaban J connectivity index is 1.68. The van der Waals surface area contributed by atoms with E-state index in [1.165, 1.54) is 23.9 Å². The predicted molar refractivity (Wildman–Crippen MR) is 122 cm³/mol. The van der Waals surface area contributed by atoms with Crippen molar-refractivity contribution in [1.82, 2.24) is 4.90 Å². The molecule has 1 heterocycles. The van der Waals surface area contributed by atoms with Crippen molar-refractivity contribution >= 4 is 52.2 Å². The molecule has 2 N–H and O–H groups in total. The lowest BCUT2D eigenvalue weighted by atomic mass is 10.1. The van der Waals surface area contributed by atoms with E-state index in [9.17, 15) is 14.4 Å². The van der Waals surface area contributed by atoms with Gasteiger partial charge < -0.3 is 10.2 Å². The van der Waals surface area contributed by atoms with Gasteiger partial charge in [0.25, 0.3) is 5.91 Å². The monoisotopic (exact) mass is 449 g/mol. The topological polar surface area (TPSA) is 94.9 Å². The highest BCUT2D eigenvalue weighted by Crippen LogP contribution is 2.32. The van der Waals surface area contributed by atoms with E-state index in [1.807, 2.05) is 0 Å². The van der Waals surface area contributed by atoms with E-state index in [4.69, 9.17) is 22.4 Å². The summed E-state index contributed by atoms with van der Waals surface area (Å²) in [5, 5.41) is 17.6. The number of rotatable bonds is 13. The fourth-order valence-electron chi connectivity index (χ4n) is 3.17. The standard InChI is InChI=1S/C22H27NO5S2/c24-19(25)9-7-5-3-1-2-4-6-8-14-23-20(26)18(30-22(23)29)15-16-10-12-17(13-11-16)21(27)28/h10-13,15H,1-9,14H2,(H,24,25)(H,27,28). The van der Waals surface area contributed by atoms with Crippen molar-refractivity contribution in [2.24, 2.45) is 0 Å². The molecule has 8 heteroatoms. The molecule has 0 bridgehead atoms. The van der Waals surface area contributed by atoms with Gasteiger partial charge in [-0.3, -0.25) is 14.5 Å². The molecule has 1 aromatic rings. The maximum absolute atomic E-state index is 12.6. The molecule has 0 saturated carbocycles. The Morgan fingerprint density at radius 2 is 1.50 bits per heavy atom. The Morgan fingerprint density at radius 1 is 0.933 bits per heavy atom. The molecule has 0 spiro atoms. The Kier molecular flexibility index (Phi) is 10.0. The minimum atomic E-state index is -0.981. The molecule has 30 heavy (non-hydrogen) atoms. The second-order valence-electron chi connectivity index (χ2n) is 7.23. The van der Waals surface area contributed by atoms with Gasteiger partial charge in [-0.1, -0.05) is 74.6 Å². The summed E-state index contributed by atoms with van der Waals surface area (Å²) in [7, 11) is 0. The normalized spacial score (nSPS) is 15.2. The Bertz CT molecular complexity index is 804. The van der Waals surface area contributed by atoms with E-state index in [0.717, 1.165) is 56.9 Å². The number of benzene rings is 1. The number of carbonyl (C=O) groups excluding carboxylic acids is 1. The highest BCUT2D eigenvalue weighted by atomic mass is 32.2. The summed E-state index contributed by atoms with van der Waals surface area (Å²) >= 11 is 6.63. The molecule has 2 rings (SSSR count). The van der Waals surface area contributed by atoms with Crippen molar-refractivity contribution in [2.45, 2.75) is 57.8 Å². The molecule has 0 aliphatic carbocycles. The van der Waals surface area contributed by atoms with Crippen LogP contribution in [0.4, 0.5) is 0 Å². The van der Waals surface area contributed by atoms with Crippen LogP contribution in [0, 0.1) is 0 Å². The van der Waals surface area contributed by atoms with Gasteiger partial charge in [0.1, 0.15) is 4.32 Å². The van der Waals surface area contributed by atoms with Gasteiger partial charge in [0, 0.05) is 13.0 Å². The van der Waals surface area contributed by atoms with Crippen LogP contribution < -0.4 is 0 Å². The second-order valence-corrected chi connectivity index (χ2v) is 8.91. The number of aromatic carboxylic acids is 1. The first-order valence-corrected chi connectivity index (χ1v) is 11.4.